The average molecular weight is 404 g/mol. The van der Waals surface area contributed by atoms with E-state index in [1.165, 1.54) is 18.2 Å². The predicted molar refractivity (Wildman–Crippen MR) is 105 cm³/mol. The quantitative estimate of drug-likeness (QED) is 0.570. The van der Waals surface area contributed by atoms with E-state index < -0.39 is 11.6 Å². The van der Waals surface area contributed by atoms with Crippen LogP contribution in [0.5, 0.6) is 0 Å². The van der Waals surface area contributed by atoms with Gasteiger partial charge in [-0.25, -0.2) is 18.4 Å². The molecule has 7 nitrogen and oxygen atoms in total. The molecule has 0 spiro atoms. The van der Waals surface area contributed by atoms with Gasteiger partial charge < -0.3 is 15.4 Å². The number of aliphatic imine (C=N–C) groups is 1. The molecule has 3 atom stereocenters. The van der Waals surface area contributed by atoms with Gasteiger partial charge in [-0.2, -0.15) is 5.10 Å². The third-order valence-electron chi connectivity index (χ3n) is 5.32. The van der Waals surface area contributed by atoms with Gasteiger partial charge in [0.2, 0.25) is 0 Å². The largest absolute Gasteiger partial charge is 0.377 e. The lowest BCUT2D eigenvalue weighted by Crippen LogP contribution is -2.48. The van der Waals surface area contributed by atoms with Crippen LogP contribution in [0.1, 0.15) is 42.9 Å². The van der Waals surface area contributed by atoms with Gasteiger partial charge in [0.25, 0.3) is 0 Å². The summed E-state index contributed by atoms with van der Waals surface area (Å²) in [5, 5.41) is 11.3. The van der Waals surface area contributed by atoms with Crippen LogP contribution in [0.2, 0.25) is 0 Å². The molecule has 0 amide bonds. The third kappa shape index (κ3) is 4.39. The number of benzene rings is 1. The molecule has 1 aromatic carbocycles. The Labute approximate surface area is 168 Å². The van der Waals surface area contributed by atoms with Crippen LogP contribution >= 0.6 is 0 Å². The molecule has 2 aromatic rings. The molecule has 2 N–H and O–H groups in total. The summed E-state index contributed by atoms with van der Waals surface area (Å²) in [6.45, 7) is 3.65. The number of nitrogens with zero attached hydrogens (tertiary/aromatic N) is 4. The topological polar surface area (TPSA) is 76.4 Å². The summed E-state index contributed by atoms with van der Waals surface area (Å²) >= 11 is 0. The molecule has 1 aliphatic carbocycles. The van der Waals surface area contributed by atoms with Crippen molar-refractivity contribution in [1.82, 2.24) is 25.4 Å². The number of hydrogen-bond donors (Lipinski definition) is 2. The SMILES string of the molecule is CCN=C(NC1CCc2nc(COC)nn2C1)NC1CC1c1c(F)cccc1F. The molecule has 1 saturated carbocycles. The third-order valence-corrected chi connectivity index (χ3v) is 5.32. The van der Waals surface area contributed by atoms with Gasteiger partial charge in [0.1, 0.15) is 24.1 Å². The lowest BCUT2D eigenvalue weighted by molar-refractivity contribution is 0.177. The molecule has 156 valence electrons. The van der Waals surface area contributed by atoms with Crippen molar-refractivity contribution in [3.05, 3.63) is 47.0 Å². The summed E-state index contributed by atoms with van der Waals surface area (Å²) in [6, 6.07) is 4.13. The van der Waals surface area contributed by atoms with E-state index in [0.29, 0.717) is 37.9 Å². The fourth-order valence-corrected chi connectivity index (χ4v) is 3.87. The average Bonchev–Trinajstić information content (AvgIpc) is 3.30. The number of nitrogens with one attached hydrogen (secondary N) is 2. The highest BCUT2D eigenvalue weighted by Crippen LogP contribution is 2.43. The molecule has 4 rings (SSSR count). The molecular weight excluding hydrogens is 378 g/mol. The lowest BCUT2D eigenvalue weighted by Gasteiger charge is -2.25. The van der Waals surface area contributed by atoms with E-state index in [1.54, 1.807) is 7.11 Å². The van der Waals surface area contributed by atoms with Crippen molar-refractivity contribution in [3.8, 4) is 0 Å². The number of halogens is 2. The van der Waals surface area contributed by atoms with Gasteiger partial charge >= 0.3 is 0 Å². The van der Waals surface area contributed by atoms with Crippen molar-refractivity contribution >= 4 is 5.96 Å². The summed E-state index contributed by atoms with van der Waals surface area (Å²) in [4.78, 5) is 8.99. The van der Waals surface area contributed by atoms with Gasteiger partial charge in [0, 0.05) is 43.6 Å². The second-order valence-corrected chi connectivity index (χ2v) is 7.49. The number of ether oxygens (including phenoxy) is 1. The number of fused-ring (bicyclic) bond motifs is 1. The molecule has 9 heteroatoms. The Morgan fingerprint density at radius 2 is 2.10 bits per heavy atom. The number of hydrogen-bond acceptors (Lipinski definition) is 4. The van der Waals surface area contributed by atoms with Crippen LogP contribution in [0.25, 0.3) is 0 Å². The minimum Gasteiger partial charge on any atom is -0.377 e. The van der Waals surface area contributed by atoms with Crippen molar-refractivity contribution in [2.24, 2.45) is 4.99 Å². The molecule has 2 aliphatic rings. The molecule has 3 unspecified atom stereocenters. The monoisotopic (exact) mass is 404 g/mol. The first-order chi connectivity index (χ1) is 14.1. The van der Waals surface area contributed by atoms with E-state index >= 15 is 0 Å². The van der Waals surface area contributed by atoms with E-state index in [9.17, 15) is 8.78 Å². The summed E-state index contributed by atoms with van der Waals surface area (Å²) in [7, 11) is 1.63. The number of aromatic nitrogens is 3. The lowest BCUT2D eigenvalue weighted by atomic mass is 10.1. The minimum atomic E-state index is -0.487. The van der Waals surface area contributed by atoms with E-state index in [-0.39, 0.29) is 23.6 Å². The van der Waals surface area contributed by atoms with Crippen LogP contribution < -0.4 is 10.6 Å². The van der Waals surface area contributed by atoms with Gasteiger partial charge in [0.15, 0.2) is 11.8 Å². The Bertz CT molecular complexity index is 879. The van der Waals surface area contributed by atoms with Crippen LogP contribution in [0.3, 0.4) is 0 Å². The Morgan fingerprint density at radius 1 is 1.31 bits per heavy atom. The molecule has 1 fully saturated rings. The molecule has 0 bridgehead atoms. The van der Waals surface area contributed by atoms with Crippen LogP contribution in [-0.2, 0) is 24.3 Å². The van der Waals surface area contributed by atoms with Crippen LogP contribution in [0, 0.1) is 11.6 Å². The maximum Gasteiger partial charge on any atom is 0.191 e. The zero-order valence-corrected chi connectivity index (χ0v) is 16.7. The van der Waals surface area contributed by atoms with Gasteiger partial charge in [0.05, 0.1) is 6.54 Å². The highest BCUT2D eigenvalue weighted by atomic mass is 19.1. The van der Waals surface area contributed by atoms with Crippen LogP contribution in [-0.4, -0.2) is 46.5 Å². The fraction of sp³-hybridized carbons (Fsp3) is 0.550. The molecule has 0 saturated heterocycles. The summed E-state index contributed by atoms with van der Waals surface area (Å²) in [5.74, 6) is 1.18. The number of methoxy groups -OCH3 is 1. The predicted octanol–water partition coefficient (Wildman–Crippen LogP) is 2.13. The first kappa shape index (κ1) is 19.8. The highest BCUT2D eigenvalue weighted by molar-refractivity contribution is 5.81. The maximum atomic E-state index is 14.0. The van der Waals surface area contributed by atoms with E-state index in [4.69, 9.17) is 4.74 Å². The standard InChI is InChI=1S/C20H26F2N6O/c1-3-23-20(25-16-9-13(16)19-14(21)5-4-6-15(19)22)24-12-7-8-18-26-17(11-29-2)27-28(18)10-12/h4-6,12-13,16H,3,7-11H2,1-2H3,(H2,23,24,25). The van der Waals surface area contributed by atoms with Crippen molar-refractivity contribution in [2.45, 2.75) is 57.3 Å². The highest BCUT2D eigenvalue weighted by Gasteiger charge is 2.42. The van der Waals surface area contributed by atoms with Gasteiger partial charge in [-0.3, -0.25) is 4.99 Å². The Balaban J connectivity index is 1.38. The van der Waals surface area contributed by atoms with Crippen molar-refractivity contribution < 1.29 is 13.5 Å². The van der Waals surface area contributed by atoms with Crippen molar-refractivity contribution in [1.29, 1.82) is 0 Å². The van der Waals surface area contributed by atoms with E-state index in [0.717, 1.165) is 18.7 Å². The number of aryl methyl sites for hydroxylation is 1. The molecule has 2 heterocycles. The molecule has 0 radical (unpaired) electrons. The Morgan fingerprint density at radius 3 is 2.83 bits per heavy atom. The van der Waals surface area contributed by atoms with Gasteiger partial charge in [-0.05, 0) is 31.9 Å². The summed E-state index contributed by atoms with van der Waals surface area (Å²) < 4.78 is 35.1. The smallest absolute Gasteiger partial charge is 0.191 e. The van der Waals surface area contributed by atoms with Gasteiger partial charge in [-0.15, -0.1) is 0 Å². The minimum absolute atomic E-state index is 0.0296. The molecule has 1 aromatic heterocycles. The zero-order chi connectivity index (χ0) is 20.4. The second kappa shape index (κ2) is 8.44. The summed E-state index contributed by atoms with van der Waals surface area (Å²) in [5.41, 5.74) is 0.163. The van der Waals surface area contributed by atoms with Gasteiger partial charge in [-0.1, -0.05) is 6.07 Å². The summed E-state index contributed by atoms with van der Waals surface area (Å²) in [6.07, 6.45) is 2.41. The Kier molecular flexibility index (Phi) is 5.75. The zero-order valence-electron chi connectivity index (χ0n) is 16.7. The van der Waals surface area contributed by atoms with Crippen molar-refractivity contribution in [2.75, 3.05) is 13.7 Å². The van der Waals surface area contributed by atoms with Crippen LogP contribution in [0.4, 0.5) is 8.78 Å². The normalized spacial score (nSPS) is 23.6. The van der Waals surface area contributed by atoms with Crippen molar-refractivity contribution in [3.63, 3.8) is 0 Å². The molecule has 1 aliphatic heterocycles. The maximum absolute atomic E-state index is 14.0. The van der Waals surface area contributed by atoms with Crippen LogP contribution in [0.15, 0.2) is 23.2 Å². The Hall–Kier alpha value is -2.55. The van der Waals surface area contributed by atoms with E-state index in [1.807, 2.05) is 11.6 Å². The first-order valence-electron chi connectivity index (χ1n) is 10.0. The fourth-order valence-electron chi connectivity index (χ4n) is 3.87. The molecular formula is C20H26F2N6O. The number of rotatable bonds is 6. The number of guanidine groups is 1. The first-order valence-corrected chi connectivity index (χ1v) is 10.0. The van der Waals surface area contributed by atoms with E-state index in [2.05, 4.69) is 25.7 Å². The second-order valence-electron chi connectivity index (χ2n) is 7.49. The molecule has 29 heavy (non-hydrogen) atoms.